The Kier molecular flexibility index (Phi) is 3.43. The number of hydrogen-bond donors (Lipinski definition) is 2. The molecule has 5 heteroatoms. The van der Waals surface area contributed by atoms with E-state index in [1.54, 1.807) is 6.92 Å². The first-order chi connectivity index (χ1) is 7.92. The van der Waals surface area contributed by atoms with Crippen molar-refractivity contribution in [3.63, 3.8) is 0 Å². The predicted molar refractivity (Wildman–Crippen MR) is 65.4 cm³/mol. The molecule has 0 spiro atoms. The van der Waals surface area contributed by atoms with Gasteiger partial charge >= 0.3 is 0 Å². The molecule has 2 aliphatic rings. The SMILES string of the molecule is CC(O)CN1CCN(C(=O)C2(N)CC2)CC1C. The summed E-state index contributed by atoms with van der Waals surface area (Å²) in [6, 6.07) is 0.296. The lowest BCUT2D eigenvalue weighted by molar-refractivity contribution is -0.136. The molecule has 0 aromatic rings. The Bertz CT molecular complexity index is 302. The van der Waals surface area contributed by atoms with Gasteiger partial charge in [0.1, 0.15) is 0 Å². The van der Waals surface area contributed by atoms with Crippen LogP contribution in [0.1, 0.15) is 26.7 Å². The standard InChI is InChI=1S/C12H23N3O2/c1-9-7-15(11(17)12(13)3-4-12)6-5-14(9)8-10(2)16/h9-10,16H,3-8,13H2,1-2H3. The Morgan fingerprint density at radius 1 is 1.53 bits per heavy atom. The number of carbonyl (C=O) groups excluding carboxylic acids is 1. The molecule has 98 valence electrons. The summed E-state index contributed by atoms with van der Waals surface area (Å²) in [6.45, 7) is 6.85. The van der Waals surface area contributed by atoms with Gasteiger partial charge in [0.2, 0.25) is 5.91 Å². The maximum absolute atomic E-state index is 12.1. The Balaban J connectivity index is 1.88. The quantitative estimate of drug-likeness (QED) is 0.691. The van der Waals surface area contributed by atoms with E-state index in [1.807, 2.05) is 4.90 Å². The van der Waals surface area contributed by atoms with Crippen molar-refractivity contribution in [2.45, 2.75) is 44.4 Å². The minimum Gasteiger partial charge on any atom is -0.392 e. The van der Waals surface area contributed by atoms with Gasteiger partial charge in [0.05, 0.1) is 11.6 Å². The second-order valence-electron chi connectivity index (χ2n) is 5.60. The van der Waals surface area contributed by atoms with Gasteiger partial charge in [-0.05, 0) is 26.7 Å². The van der Waals surface area contributed by atoms with Crippen molar-refractivity contribution in [2.24, 2.45) is 5.73 Å². The van der Waals surface area contributed by atoms with Gasteiger partial charge in [0, 0.05) is 32.2 Å². The van der Waals surface area contributed by atoms with Crippen LogP contribution in [0.5, 0.6) is 0 Å². The van der Waals surface area contributed by atoms with Crippen molar-refractivity contribution >= 4 is 5.91 Å². The maximum atomic E-state index is 12.1. The van der Waals surface area contributed by atoms with Crippen LogP contribution in [0.15, 0.2) is 0 Å². The van der Waals surface area contributed by atoms with Gasteiger partial charge in [-0.3, -0.25) is 9.69 Å². The summed E-state index contributed by atoms with van der Waals surface area (Å²) in [4.78, 5) is 16.2. The second kappa shape index (κ2) is 4.55. The summed E-state index contributed by atoms with van der Waals surface area (Å²) in [5.74, 6) is 0.112. The number of aliphatic hydroxyl groups is 1. The summed E-state index contributed by atoms with van der Waals surface area (Å²) in [6.07, 6.45) is 1.34. The van der Waals surface area contributed by atoms with Crippen molar-refractivity contribution in [1.29, 1.82) is 0 Å². The molecule has 2 rings (SSSR count). The van der Waals surface area contributed by atoms with Crippen LogP contribution >= 0.6 is 0 Å². The van der Waals surface area contributed by atoms with Gasteiger partial charge < -0.3 is 15.7 Å². The summed E-state index contributed by atoms with van der Waals surface area (Å²) in [5, 5.41) is 9.39. The molecule has 1 aliphatic carbocycles. The van der Waals surface area contributed by atoms with E-state index >= 15 is 0 Å². The molecular weight excluding hydrogens is 218 g/mol. The van der Waals surface area contributed by atoms with E-state index in [2.05, 4.69) is 11.8 Å². The topological polar surface area (TPSA) is 69.8 Å². The van der Waals surface area contributed by atoms with Gasteiger partial charge in [0.25, 0.3) is 0 Å². The third-order valence-corrected chi connectivity index (χ3v) is 3.77. The zero-order valence-corrected chi connectivity index (χ0v) is 10.7. The maximum Gasteiger partial charge on any atom is 0.242 e. The number of carbonyl (C=O) groups is 1. The molecule has 2 unspecified atom stereocenters. The number of aliphatic hydroxyl groups excluding tert-OH is 1. The molecule has 1 heterocycles. The van der Waals surface area contributed by atoms with Gasteiger partial charge in [-0.1, -0.05) is 0 Å². The highest BCUT2D eigenvalue weighted by molar-refractivity contribution is 5.89. The Labute approximate surface area is 103 Å². The van der Waals surface area contributed by atoms with E-state index < -0.39 is 5.54 Å². The number of β-amino-alcohol motifs (C(OH)–C–C–N with tert-alkyl or cyclic N) is 1. The number of piperazine rings is 1. The van der Waals surface area contributed by atoms with Gasteiger partial charge in [0.15, 0.2) is 0 Å². The van der Waals surface area contributed by atoms with E-state index in [4.69, 9.17) is 5.73 Å². The van der Waals surface area contributed by atoms with Crippen LogP contribution in [0.2, 0.25) is 0 Å². The van der Waals surface area contributed by atoms with Gasteiger partial charge in [-0.25, -0.2) is 0 Å². The number of nitrogens with two attached hydrogens (primary N) is 1. The van der Waals surface area contributed by atoms with Crippen LogP contribution in [0.25, 0.3) is 0 Å². The van der Waals surface area contributed by atoms with Gasteiger partial charge in [-0.15, -0.1) is 0 Å². The van der Waals surface area contributed by atoms with Crippen LogP contribution in [-0.2, 0) is 4.79 Å². The lowest BCUT2D eigenvalue weighted by Crippen LogP contribution is -2.58. The third-order valence-electron chi connectivity index (χ3n) is 3.77. The van der Waals surface area contributed by atoms with Crippen molar-refractivity contribution in [1.82, 2.24) is 9.80 Å². The molecular formula is C12H23N3O2. The van der Waals surface area contributed by atoms with E-state index in [0.717, 1.165) is 32.5 Å². The van der Waals surface area contributed by atoms with Gasteiger partial charge in [-0.2, -0.15) is 0 Å². The summed E-state index contributed by atoms with van der Waals surface area (Å²) in [5.41, 5.74) is 5.39. The summed E-state index contributed by atoms with van der Waals surface area (Å²) in [7, 11) is 0. The minimum atomic E-state index is -0.549. The van der Waals surface area contributed by atoms with Crippen molar-refractivity contribution in [2.75, 3.05) is 26.2 Å². The number of nitrogens with zero attached hydrogens (tertiary/aromatic N) is 2. The van der Waals surface area contributed by atoms with Crippen molar-refractivity contribution in [3.8, 4) is 0 Å². The van der Waals surface area contributed by atoms with E-state index in [0.29, 0.717) is 12.6 Å². The molecule has 17 heavy (non-hydrogen) atoms. The van der Waals surface area contributed by atoms with Crippen LogP contribution in [0.3, 0.4) is 0 Å². The van der Waals surface area contributed by atoms with Crippen LogP contribution in [-0.4, -0.2) is 64.7 Å². The predicted octanol–water partition coefficient (Wildman–Crippen LogP) is -0.609. The normalized spacial score (nSPS) is 30.1. The summed E-state index contributed by atoms with van der Waals surface area (Å²) >= 11 is 0. The fraction of sp³-hybridized carbons (Fsp3) is 0.917. The van der Waals surface area contributed by atoms with Crippen LogP contribution < -0.4 is 5.73 Å². The van der Waals surface area contributed by atoms with Crippen LogP contribution in [0, 0.1) is 0 Å². The highest BCUT2D eigenvalue weighted by Gasteiger charge is 2.48. The molecule has 0 aromatic carbocycles. The van der Waals surface area contributed by atoms with E-state index in [9.17, 15) is 9.90 Å². The zero-order chi connectivity index (χ0) is 12.6. The highest BCUT2D eigenvalue weighted by Crippen LogP contribution is 2.34. The Morgan fingerprint density at radius 3 is 2.65 bits per heavy atom. The largest absolute Gasteiger partial charge is 0.392 e. The van der Waals surface area contributed by atoms with E-state index in [1.165, 1.54) is 0 Å². The molecule has 1 saturated carbocycles. The molecule has 1 amide bonds. The fourth-order valence-electron chi connectivity index (χ4n) is 2.45. The first-order valence-corrected chi connectivity index (χ1v) is 6.43. The lowest BCUT2D eigenvalue weighted by atomic mass is 10.1. The molecule has 3 N–H and O–H groups in total. The molecule has 1 saturated heterocycles. The van der Waals surface area contributed by atoms with Crippen LogP contribution in [0.4, 0.5) is 0 Å². The number of hydrogen-bond acceptors (Lipinski definition) is 4. The number of rotatable bonds is 3. The fourth-order valence-corrected chi connectivity index (χ4v) is 2.45. The van der Waals surface area contributed by atoms with Crippen molar-refractivity contribution < 1.29 is 9.90 Å². The number of amides is 1. The summed E-state index contributed by atoms with van der Waals surface area (Å²) < 4.78 is 0. The molecule has 0 radical (unpaired) electrons. The highest BCUT2D eigenvalue weighted by atomic mass is 16.3. The molecule has 0 bridgehead atoms. The average molecular weight is 241 g/mol. The first kappa shape index (κ1) is 12.8. The Morgan fingerprint density at radius 2 is 2.18 bits per heavy atom. The Hall–Kier alpha value is -0.650. The zero-order valence-electron chi connectivity index (χ0n) is 10.7. The molecule has 2 fully saturated rings. The molecule has 5 nitrogen and oxygen atoms in total. The molecule has 1 aliphatic heterocycles. The minimum absolute atomic E-state index is 0.112. The molecule has 2 atom stereocenters. The van der Waals surface area contributed by atoms with Crippen molar-refractivity contribution in [3.05, 3.63) is 0 Å². The molecule has 0 aromatic heterocycles. The monoisotopic (exact) mass is 241 g/mol. The van der Waals surface area contributed by atoms with E-state index in [-0.39, 0.29) is 12.0 Å². The second-order valence-corrected chi connectivity index (χ2v) is 5.60. The average Bonchev–Trinajstić information content (AvgIpc) is 2.99. The lowest BCUT2D eigenvalue weighted by Gasteiger charge is -2.41. The first-order valence-electron chi connectivity index (χ1n) is 6.43. The third kappa shape index (κ3) is 2.78. The smallest absolute Gasteiger partial charge is 0.242 e.